The SMILES string of the molecule is CC1(C)OB(c2cccc3c2oc2c3ccc3c4c(c5ccccc5c32)C=[C+]C=C4)OC1(C)C. The fourth-order valence-electron chi connectivity index (χ4n) is 5.36. The fourth-order valence-corrected chi connectivity index (χ4v) is 5.36. The van der Waals surface area contributed by atoms with Crippen LogP contribution in [-0.2, 0) is 9.31 Å². The highest BCUT2D eigenvalue weighted by atomic mass is 16.7. The van der Waals surface area contributed by atoms with Gasteiger partial charge in [-0.05, 0) is 39.8 Å². The average molecular weight is 443 g/mol. The van der Waals surface area contributed by atoms with Crippen LogP contribution >= 0.6 is 0 Å². The van der Waals surface area contributed by atoms with Gasteiger partial charge in [-0.2, -0.15) is 0 Å². The Bertz CT molecular complexity index is 1700. The highest BCUT2D eigenvalue weighted by Crippen LogP contribution is 2.43. The number of furan rings is 1. The minimum atomic E-state index is -0.478. The van der Waals surface area contributed by atoms with E-state index in [1.165, 1.54) is 27.3 Å². The molecule has 164 valence electrons. The molecule has 7 rings (SSSR count). The maximum absolute atomic E-state index is 6.73. The molecule has 1 fully saturated rings. The first-order chi connectivity index (χ1) is 16.4. The largest absolute Gasteiger partial charge is 0.498 e. The maximum Gasteiger partial charge on any atom is 0.498 e. The van der Waals surface area contributed by atoms with Crippen LogP contribution in [0.4, 0.5) is 0 Å². The Morgan fingerprint density at radius 1 is 0.676 bits per heavy atom. The minimum Gasteiger partial charge on any atom is -0.456 e. The molecule has 5 aromatic rings. The lowest BCUT2D eigenvalue weighted by Gasteiger charge is -2.32. The van der Waals surface area contributed by atoms with E-state index in [1.807, 2.05) is 6.08 Å². The van der Waals surface area contributed by atoms with Gasteiger partial charge in [0.2, 0.25) is 0 Å². The van der Waals surface area contributed by atoms with Crippen molar-refractivity contribution in [3.63, 3.8) is 0 Å². The third kappa shape index (κ3) is 2.54. The molecule has 1 aliphatic carbocycles. The molecular weight excluding hydrogens is 419 g/mol. The Morgan fingerprint density at radius 2 is 1.35 bits per heavy atom. The number of hydrogen-bond donors (Lipinski definition) is 0. The smallest absolute Gasteiger partial charge is 0.456 e. The van der Waals surface area contributed by atoms with Crippen molar-refractivity contribution in [1.29, 1.82) is 0 Å². The lowest BCUT2D eigenvalue weighted by atomic mass is 9.78. The lowest BCUT2D eigenvalue weighted by Crippen LogP contribution is -2.41. The summed E-state index contributed by atoms with van der Waals surface area (Å²) in [5.41, 5.74) is 4.26. The molecule has 0 amide bonds. The van der Waals surface area contributed by atoms with Crippen LogP contribution in [0.5, 0.6) is 0 Å². The molecule has 34 heavy (non-hydrogen) atoms. The van der Waals surface area contributed by atoms with Gasteiger partial charge in [-0.15, -0.1) is 0 Å². The van der Waals surface area contributed by atoms with Gasteiger partial charge in [-0.1, -0.05) is 42.5 Å². The van der Waals surface area contributed by atoms with Crippen LogP contribution in [0.2, 0.25) is 0 Å². The Morgan fingerprint density at radius 3 is 2.15 bits per heavy atom. The lowest BCUT2D eigenvalue weighted by molar-refractivity contribution is 0.00578. The van der Waals surface area contributed by atoms with E-state index >= 15 is 0 Å². The van der Waals surface area contributed by atoms with Crippen LogP contribution in [0.1, 0.15) is 38.8 Å². The predicted octanol–water partition coefficient (Wildman–Crippen LogP) is 7.03. The van der Waals surface area contributed by atoms with E-state index in [4.69, 9.17) is 13.7 Å². The third-order valence-corrected chi connectivity index (χ3v) is 7.85. The van der Waals surface area contributed by atoms with Crippen molar-refractivity contribution in [2.75, 3.05) is 0 Å². The zero-order chi connectivity index (χ0) is 23.2. The molecule has 0 spiro atoms. The molecule has 3 nitrogen and oxygen atoms in total. The number of allylic oxidation sites excluding steroid dienone is 2. The molecule has 0 radical (unpaired) electrons. The second-order valence-electron chi connectivity index (χ2n) is 10.3. The minimum absolute atomic E-state index is 0.412. The van der Waals surface area contributed by atoms with E-state index in [0.717, 1.165) is 32.8 Å². The topological polar surface area (TPSA) is 31.6 Å². The molecule has 0 N–H and O–H groups in total. The standard InChI is InChI=1S/C30H24BO3/c1-29(2)30(3,4)34-31(33-29)25-15-9-14-23-24-17-16-22-20-12-6-5-10-18(20)19-11-7-8-13-21(19)26(22)28(24)32-27(23)25/h6-17H,1-4H3/q+1. The van der Waals surface area contributed by atoms with E-state index in [2.05, 4.69) is 101 Å². The summed E-state index contributed by atoms with van der Waals surface area (Å²) in [6.45, 7) is 8.31. The van der Waals surface area contributed by atoms with Gasteiger partial charge in [-0.3, -0.25) is 0 Å². The maximum atomic E-state index is 6.73. The Hall–Kier alpha value is -3.43. The summed E-state index contributed by atoms with van der Waals surface area (Å²) in [5.74, 6) is 0. The first-order valence-corrected chi connectivity index (χ1v) is 11.8. The Kier molecular flexibility index (Phi) is 3.87. The van der Waals surface area contributed by atoms with Gasteiger partial charge in [0.05, 0.1) is 17.3 Å². The summed E-state index contributed by atoms with van der Waals surface area (Å²) in [5, 5.41) is 6.91. The first-order valence-electron chi connectivity index (χ1n) is 11.8. The summed E-state index contributed by atoms with van der Waals surface area (Å²) in [6.07, 6.45) is 9.46. The van der Waals surface area contributed by atoms with Crippen LogP contribution < -0.4 is 5.46 Å². The Labute approximate surface area is 198 Å². The molecule has 2 heterocycles. The summed E-state index contributed by atoms with van der Waals surface area (Å²) < 4.78 is 19.5. The zero-order valence-electron chi connectivity index (χ0n) is 19.7. The highest BCUT2D eigenvalue weighted by molar-refractivity contribution is 6.65. The molecule has 0 unspecified atom stereocenters. The van der Waals surface area contributed by atoms with Gasteiger partial charge in [0.25, 0.3) is 0 Å². The van der Waals surface area contributed by atoms with Gasteiger partial charge in [-0.25, -0.2) is 0 Å². The molecule has 4 aromatic carbocycles. The molecule has 4 heteroatoms. The molecular formula is C30H24BO3+. The molecule has 1 aliphatic heterocycles. The van der Waals surface area contributed by atoms with Crippen molar-refractivity contribution in [3.05, 3.63) is 77.9 Å². The van der Waals surface area contributed by atoms with Crippen LogP contribution in [-0.4, -0.2) is 18.3 Å². The van der Waals surface area contributed by atoms with Crippen molar-refractivity contribution in [2.24, 2.45) is 0 Å². The van der Waals surface area contributed by atoms with Gasteiger partial charge < -0.3 is 13.7 Å². The van der Waals surface area contributed by atoms with Crippen LogP contribution in [0, 0.1) is 6.08 Å². The fraction of sp³-hybridized carbons (Fsp3) is 0.200. The highest BCUT2D eigenvalue weighted by Gasteiger charge is 2.52. The van der Waals surface area contributed by atoms with Crippen molar-refractivity contribution in [3.8, 4) is 0 Å². The van der Waals surface area contributed by atoms with Gasteiger partial charge in [0, 0.05) is 43.9 Å². The van der Waals surface area contributed by atoms with E-state index in [1.54, 1.807) is 0 Å². The zero-order valence-corrected chi connectivity index (χ0v) is 19.7. The summed E-state index contributed by atoms with van der Waals surface area (Å²) in [4.78, 5) is 0. The van der Waals surface area contributed by atoms with Crippen molar-refractivity contribution >= 4 is 68.2 Å². The molecule has 0 atom stereocenters. The van der Waals surface area contributed by atoms with Gasteiger partial charge in [0.15, 0.2) is 0 Å². The monoisotopic (exact) mass is 443 g/mol. The van der Waals surface area contributed by atoms with E-state index in [0.29, 0.717) is 0 Å². The van der Waals surface area contributed by atoms with E-state index in [9.17, 15) is 0 Å². The number of hydrogen-bond acceptors (Lipinski definition) is 3. The molecule has 1 aromatic heterocycles. The quantitative estimate of drug-likeness (QED) is 0.158. The van der Waals surface area contributed by atoms with Gasteiger partial charge in [0.1, 0.15) is 34.4 Å². The summed E-state index contributed by atoms with van der Waals surface area (Å²) >= 11 is 0. The predicted molar refractivity (Wildman–Crippen MR) is 141 cm³/mol. The van der Waals surface area contributed by atoms with E-state index < -0.39 is 18.3 Å². The van der Waals surface area contributed by atoms with Crippen LogP contribution in [0.3, 0.4) is 0 Å². The second kappa shape index (κ2) is 6.58. The summed E-state index contributed by atoms with van der Waals surface area (Å²) in [7, 11) is -0.478. The average Bonchev–Trinajstić information content (AvgIpc) is 3.32. The van der Waals surface area contributed by atoms with Crippen LogP contribution in [0.25, 0.3) is 55.6 Å². The van der Waals surface area contributed by atoms with Crippen molar-refractivity contribution < 1.29 is 13.7 Å². The van der Waals surface area contributed by atoms with Crippen molar-refractivity contribution in [2.45, 2.75) is 38.9 Å². The number of fused-ring (bicyclic) bond motifs is 10. The number of para-hydroxylation sites is 1. The Balaban J connectivity index is 1.58. The van der Waals surface area contributed by atoms with Crippen molar-refractivity contribution in [1.82, 2.24) is 0 Å². The second-order valence-corrected chi connectivity index (χ2v) is 10.3. The van der Waals surface area contributed by atoms with E-state index in [-0.39, 0.29) is 0 Å². The summed E-state index contributed by atoms with van der Waals surface area (Å²) in [6, 6.07) is 19.2. The molecule has 0 saturated carbocycles. The molecule has 1 saturated heterocycles. The molecule has 2 aliphatic rings. The molecule has 0 bridgehead atoms. The van der Waals surface area contributed by atoms with Crippen LogP contribution in [0.15, 0.2) is 65.1 Å². The normalized spacial score (nSPS) is 18.3. The number of rotatable bonds is 1. The van der Waals surface area contributed by atoms with Gasteiger partial charge >= 0.3 is 7.12 Å². The number of benzene rings is 4. The third-order valence-electron chi connectivity index (χ3n) is 7.85. The first kappa shape index (κ1) is 20.0.